The van der Waals surface area contributed by atoms with Crippen LogP contribution in [0.2, 0.25) is 0 Å². The van der Waals surface area contributed by atoms with Crippen LogP contribution < -0.4 is 10.6 Å². The van der Waals surface area contributed by atoms with Gasteiger partial charge in [0.15, 0.2) is 5.96 Å². The Morgan fingerprint density at radius 2 is 1.90 bits per heavy atom. The van der Waals surface area contributed by atoms with Crippen LogP contribution in [0, 0.1) is 11.3 Å². The van der Waals surface area contributed by atoms with Crippen molar-refractivity contribution in [2.45, 2.75) is 59.4 Å². The van der Waals surface area contributed by atoms with Gasteiger partial charge in [-0.25, -0.2) is 0 Å². The number of hydrogen-bond acceptors (Lipinski definition) is 2. The van der Waals surface area contributed by atoms with Crippen molar-refractivity contribution >= 4 is 29.9 Å². The Hall–Kier alpha value is -0.0400. The molecule has 0 heterocycles. The lowest BCUT2D eigenvalue weighted by molar-refractivity contribution is 0.216. The first-order valence-electron chi connectivity index (χ1n) is 7.67. The first-order chi connectivity index (χ1) is 9.01. The van der Waals surface area contributed by atoms with Gasteiger partial charge in [-0.3, -0.25) is 4.99 Å². The number of halogens is 1. The van der Waals surface area contributed by atoms with Gasteiger partial charge in [0.2, 0.25) is 0 Å². The van der Waals surface area contributed by atoms with Crippen molar-refractivity contribution in [3.8, 4) is 0 Å². The molecule has 1 aliphatic rings. The first-order valence-corrected chi connectivity index (χ1v) is 7.67. The maximum absolute atomic E-state index is 9.32. The van der Waals surface area contributed by atoms with Gasteiger partial charge in [-0.2, -0.15) is 0 Å². The fourth-order valence-corrected chi connectivity index (χ4v) is 2.00. The van der Waals surface area contributed by atoms with Crippen molar-refractivity contribution in [1.29, 1.82) is 0 Å². The maximum atomic E-state index is 9.32. The molecular formula is C15H32IN3O. The summed E-state index contributed by atoms with van der Waals surface area (Å²) >= 11 is 0. The van der Waals surface area contributed by atoms with Crippen LogP contribution in [0.4, 0.5) is 0 Å². The molecule has 1 aliphatic carbocycles. The molecule has 20 heavy (non-hydrogen) atoms. The molecule has 1 saturated carbocycles. The molecule has 1 atom stereocenters. The molecule has 3 N–H and O–H groups in total. The number of aliphatic hydroxyl groups excluding tert-OH is 1. The molecule has 0 saturated heterocycles. The van der Waals surface area contributed by atoms with Crippen molar-refractivity contribution in [2.24, 2.45) is 16.3 Å². The number of hydrogen-bond donors (Lipinski definition) is 3. The number of nitrogens with one attached hydrogen (secondary N) is 2. The Morgan fingerprint density at radius 1 is 1.25 bits per heavy atom. The topological polar surface area (TPSA) is 56.7 Å². The van der Waals surface area contributed by atoms with Gasteiger partial charge in [0.1, 0.15) is 0 Å². The van der Waals surface area contributed by atoms with Crippen LogP contribution in [0.15, 0.2) is 4.99 Å². The van der Waals surface area contributed by atoms with Gasteiger partial charge < -0.3 is 15.7 Å². The van der Waals surface area contributed by atoms with E-state index in [-0.39, 0.29) is 36.0 Å². The molecule has 1 rings (SSSR count). The average Bonchev–Trinajstić information content (AvgIpc) is 3.14. The number of rotatable bonds is 8. The number of guanidine groups is 1. The van der Waals surface area contributed by atoms with Gasteiger partial charge in [-0.1, -0.05) is 13.8 Å². The van der Waals surface area contributed by atoms with Crippen molar-refractivity contribution < 1.29 is 5.11 Å². The van der Waals surface area contributed by atoms with Crippen molar-refractivity contribution in [3.05, 3.63) is 0 Å². The predicted octanol–water partition coefficient (Wildman–Crippen LogP) is 2.76. The van der Waals surface area contributed by atoms with Crippen LogP contribution >= 0.6 is 24.0 Å². The van der Waals surface area contributed by atoms with E-state index in [2.05, 4.69) is 43.3 Å². The summed E-state index contributed by atoms with van der Waals surface area (Å²) in [7, 11) is 0. The Balaban J connectivity index is 0.00000361. The summed E-state index contributed by atoms with van der Waals surface area (Å²) in [6.45, 7) is 10.7. The van der Waals surface area contributed by atoms with E-state index in [0.717, 1.165) is 44.2 Å². The zero-order valence-corrected chi connectivity index (χ0v) is 15.7. The summed E-state index contributed by atoms with van der Waals surface area (Å²) in [5, 5.41) is 16.1. The van der Waals surface area contributed by atoms with Crippen molar-refractivity contribution in [2.75, 3.05) is 19.7 Å². The second-order valence-corrected chi connectivity index (χ2v) is 6.37. The Morgan fingerprint density at radius 3 is 2.35 bits per heavy atom. The minimum atomic E-state index is 0. The molecule has 4 nitrogen and oxygen atoms in total. The van der Waals surface area contributed by atoms with Crippen molar-refractivity contribution in [1.82, 2.24) is 10.6 Å². The van der Waals surface area contributed by atoms with Gasteiger partial charge in [-0.15, -0.1) is 24.0 Å². The highest BCUT2D eigenvalue weighted by Gasteiger charge is 2.41. The monoisotopic (exact) mass is 397 g/mol. The molecule has 0 radical (unpaired) electrons. The van der Waals surface area contributed by atoms with Crippen LogP contribution in [0.1, 0.15) is 53.4 Å². The summed E-state index contributed by atoms with van der Waals surface area (Å²) in [6.07, 6.45) is 4.60. The van der Waals surface area contributed by atoms with E-state index in [9.17, 15) is 5.11 Å². The van der Waals surface area contributed by atoms with E-state index in [4.69, 9.17) is 0 Å². The van der Waals surface area contributed by atoms with Crippen molar-refractivity contribution in [3.63, 3.8) is 0 Å². The zero-order chi connectivity index (χ0) is 14.3. The Bertz CT molecular complexity index is 291. The number of nitrogens with zero attached hydrogens (tertiary/aromatic N) is 1. The minimum absolute atomic E-state index is 0. The molecule has 0 aliphatic heterocycles. The lowest BCUT2D eigenvalue weighted by atomic mass is 10.0. The normalized spacial score (nSPS) is 18.4. The highest BCUT2D eigenvalue weighted by Crippen LogP contribution is 2.45. The third kappa shape index (κ3) is 7.67. The van der Waals surface area contributed by atoms with Gasteiger partial charge in [0.05, 0.1) is 13.2 Å². The van der Waals surface area contributed by atoms with E-state index >= 15 is 0 Å². The predicted molar refractivity (Wildman–Crippen MR) is 96.8 cm³/mol. The summed E-state index contributed by atoms with van der Waals surface area (Å²) in [4.78, 5) is 4.62. The minimum Gasteiger partial charge on any atom is -0.396 e. The first kappa shape index (κ1) is 20.0. The fourth-order valence-electron chi connectivity index (χ4n) is 2.00. The second-order valence-electron chi connectivity index (χ2n) is 6.37. The van der Waals surface area contributed by atoms with E-state index in [1.807, 2.05) is 0 Å². The quantitative estimate of drug-likeness (QED) is 0.335. The third-order valence-electron chi connectivity index (χ3n) is 3.77. The third-order valence-corrected chi connectivity index (χ3v) is 3.77. The largest absolute Gasteiger partial charge is 0.396 e. The molecule has 120 valence electrons. The lowest BCUT2D eigenvalue weighted by Gasteiger charge is -2.19. The van der Waals surface area contributed by atoms with Crippen LogP contribution in [0.3, 0.4) is 0 Å². The SMILES string of the molecule is CCNC(=NCC1(CO)CC1)NC(C)CCC(C)C.I. The molecule has 0 spiro atoms. The smallest absolute Gasteiger partial charge is 0.191 e. The molecule has 1 fully saturated rings. The highest BCUT2D eigenvalue weighted by atomic mass is 127. The van der Waals surface area contributed by atoms with Crippen LogP contribution in [-0.4, -0.2) is 36.8 Å². The molecule has 1 unspecified atom stereocenters. The second kappa shape index (κ2) is 9.82. The Kier molecular flexibility index (Phi) is 9.80. The number of aliphatic imine (C=N–C) groups is 1. The summed E-state index contributed by atoms with van der Waals surface area (Å²) < 4.78 is 0. The fraction of sp³-hybridized carbons (Fsp3) is 0.933. The standard InChI is InChI=1S/C15H31N3O.HI/c1-5-16-14(17-10-15(11-19)8-9-15)18-13(4)7-6-12(2)3;/h12-13,19H,5-11H2,1-4H3,(H2,16,17,18);1H. The van der Waals surface area contributed by atoms with E-state index in [1.165, 1.54) is 6.42 Å². The maximum Gasteiger partial charge on any atom is 0.191 e. The Labute approximate surface area is 141 Å². The molecule has 0 aromatic carbocycles. The molecule has 0 bridgehead atoms. The molecule has 0 aromatic rings. The lowest BCUT2D eigenvalue weighted by Crippen LogP contribution is -2.42. The van der Waals surface area contributed by atoms with E-state index < -0.39 is 0 Å². The van der Waals surface area contributed by atoms with Gasteiger partial charge in [0.25, 0.3) is 0 Å². The van der Waals surface area contributed by atoms with E-state index in [0.29, 0.717) is 6.04 Å². The summed E-state index contributed by atoms with van der Waals surface area (Å²) in [5.74, 6) is 1.63. The molecule has 5 heteroatoms. The van der Waals surface area contributed by atoms with Gasteiger partial charge in [0, 0.05) is 18.0 Å². The molecule has 0 aromatic heterocycles. The molecular weight excluding hydrogens is 365 g/mol. The highest BCUT2D eigenvalue weighted by molar-refractivity contribution is 14.0. The van der Waals surface area contributed by atoms with Gasteiger partial charge in [-0.05, 0) is 45.4 Å². The average molecular weight is 397 g/mol. The summed E-state index contributed by atoms with van der Waals surface area (Å²) in [5.41, 5.74) is 0.0868. The zero-order valence-electron chi connectivity index (χ0n) is 13.4. The summed E-state index contributed by atoms with van der Waals surface area (Å²) in [6, 6.07) is 0.435. The number of aliphatic hydroxyl groups is 1. The van der Waals surface area contributed by atoms with Crippen LogP contribution in [0.25, 0.3) is 0 Å². The van der Waals surface area contributed by atoms with Crippen LogP contribution in [-0.2, 0) is 0 Å². The van der Waals surface area contributed by atoms with Crippen LogP contribution in [0.5, 0.6) is 0 Å². The van der Waals surface area contributed by atoms with E-state index in [1.54, 1.807) is 0 Å². The molecule has 0 amide bonds. The van der Waals surface area contributed by atoms with Gasteiger partial charge >= 0.3 is 0 Å².